The summed E-state index contributed by atoms with van der Waals surface area (Å²) in [7, 11) is 0. The number of carbonyl (C=O) groups excluding carboxylic acids is 1. The summed E-state index contributed by atoms with van der Waals surface area (Å²) in [5, 5.41) is 9.70. The highest BCUT2D eigenvalue weighted by atomic mass is 16.4. The first-order valence-electron chi connectivity index (χ1n) is 7.80. The lowest BCUT2D eigenvalue weighted by Gasteiger charge is -2.05. The number of nitrogens with one attached hydrogen (secondary N) is 1. The molecule has 2 heterocycles. The van der Waals surface area contributed by atoms with Crippen LogP contribution in [0.25, 0.3) is 10.9 Å². The summed E-state index contributed by atoms with van der Waals surface area (Å²) in [4.78, 5) is 25.9. The van der Waals surface area contributed by atoms with Gasteiger partial charge in [-0.2, -0.15) is 0 Å². The number of hydrogen-bond donors (Lipinski definition) is 2. The molecule has 1 amide bonds. The number of aryl methyl sites for hydroxylation is 1. The quantitative estimate of drug-likeness (QED) is 0.889. The van der Waals surface area contributed by atoms with E-state index in [4.69, 9.17) is 5.11 Å². The van der Waals surface area contributed by atoms with Gasteiger partial charge in [0, 0.05) is 30.6 Å². The molecule has 5 nitrogen and oxygen atoms in total. The molecule has 122 valence electrons. The van der Waals surface area contributed by atoms with Gasteiger partial charge in [0.05, 0.1) is 0 Å². The number of para-hydroxylation sites is 1. The highest BCUT2D eigenvalue weighted by Gasteiger charge is 2.16. The van der Waals surface area contributed by atoms with Gasteiger partial charge in [-0.25, -0.2) is 0 Å². The Balaban J connectivity index is 0.000000203. The summed E-state index contributed by atoms with van der Waals surface area (Å²) < 4.78 is 0. The van der Waals surface area contributed by atoms with Crippen LogP contribution in [-0.2, 0) is 16.0 Å². The van der Waals surface area contributed by atoms with Crippen molar-refractivity contribution in [3.05, 3.63) is 48.8 Å². The second-order valence-electron chi connectivity index (χ2n) is 5.50. The van der Waals surface area contributed by atoms with Crippen LogP contribution < -0.4 is 0 Å². The molecule has 0 atom stereocenters. The van der Waals surface area contributed by atoms with Gasteiger partial charge >= 0.3 is 5.97 Å². The minimum atomic E-state index is -0.730. The van der Waals surface area contributed by atoms with Crippen molar-refractivity contribution in [2.24, 2.45) is 0 Å². The van der Waals surface area contributed by atoms with E-state index in [1.807, 2.05) is 24.3 Å². The van der Waals surface area contributed by atoms with Gasteiger partial charge in [0.1, 0.15) is 0 Å². The van der Waals surface area contributed by atoms with E-state index in [2.05, 4.69) is 17.6 Å². The Hall–Kier alpha value is -2.56. The molecule has 0 radical (unpaired) electrons. The van der Waals surface area contributed by atoms with Crippen LogP contribution in [0, 0.1) is 0 Å². The Morgan fingerprint density at radius 3 is 2.74 bits per heavy atom. The number of amides is 1. The number of rotatable bonds is 5. The Morgan fingerprint density at radius 2 is 2.17 bits per heavy atom. The van der Waals surface area contributed by atoms with Crippen molar-refractivity contribution in [3.8, 4) is 0 Å². The number of aliphatic carboxylic acids is 1. The molecule has 1 aromatic carbocycles. The molecule has 2 aromatic rings. The number of aromatic nitrogens is 1. The molecule has 0 unspecified atom stereocenters. The predicted molar refractivity (Wildman–Crippen MR) is 90.0 cm³/mol. The summed E-state index contributed by atoms with van der Waals surface area (Å²) in [6.07, 6.45) is 4.99. The van der Waals surface area contributed by atoms with E-state index in [0.29, 0.717) is 12.8 Å². The maximum Gasteiger partial charge on any atom is 0.303 e. The summed E-state index contributed by atoms with van der Waals surface area (Å²) >= 11 is 0. The predicted octanol–water partition coefficient (Wildman–Crippen LogP) is 3.33. The summed E-state index contributed by atoms with van der Waals surface area (Å²) in [5.41, 5.74) is 2.22. The molecule has 1 aliphatic rings. The van der Waals surface area contributed by atoms with Gasteiger partial charge in [0.2, 0.25) is 5.91 Å². The molecule has 5 heteroatoms. The second-order valence-corrected chi connectivity index (χ2v) is 5.50. The molecule has 1 aliphatic heterocycles. The topological polar surface area (TPSA) is 73.4 Å². The number of carboxylic acid groups (broad SMARTS) is 1. The van der Waals surface area contributed by atoms with Crippen LogP contribution in [0.15, 0.2) is 43.1 Å². The third-order valence-electron chi connectivity index (χ3n) is 3.75. The number of likely N-dealkylation sites (tertiary alicyclic amines) is 1. The second kappa shape index (κ2) is 8.17. The minimum absolute atomic E-state index is 0.208. The lowest BCUT2D eigenvalue weighted by molar-refractivity contribution is -0.137. The standard InChI is InChI=1S/C12H13NO2.C6H9NO/c14-12(15)7-3-5-10-8-9-4-1-2-6-11(9)13-10;1-2-7-5-3-4-6(7)8/h1-2,4,6,8,13H,3,5,7H2,(H,14,15);2H,1,3-5H2. The van der Waals surface area contributed by atoms with E-state index < -0.39 is 5.97 Å². The van der Waals surface area contributed by atoms with Crippen molar-refractivity contribution in [2.75, 3.05) is 6.54 Å². The third-order valence-corrected chi connectivity index (χ3v) is 3.75. The zero-order valence-electron chi connectivity index (χ0n) is 13.1. The van der Waals surface area contributed by atoms with Gasteiger partial charge in [0.15, 0.2) is 0 Å². The molecular formula is C18H22N2O3. The van der Waals surface area contributed by atoms with E-state index in [9.17, 15) is 9.59 Å². The van der Waals surface area contributed by atoms with Crippen molar-refractivity contribution in [3.63, 3.8) is 0 Å². The zero-order chi connectivity index (χ0) is 16.7. The number of hydrogen-bond acceptors (Lipinski definition) is 2. The first kappa shape index (κ1) is 16.8. The van der Waals surface area contributed by atoms with Crippen molar-refractivity contribution in [1.82, 2.24) is 9.88 Å². The van der Waals surface area contributed by atoms with Gasteiger partial charge < -0.3 is 15.0 Å². The fraction of sp³-hybridized carbons (Fsp3) is 0.333. The molecule has 3 rings (SSSR count). The van der Waals surface area contributed by atoms with Crippen LogP contribution in [0.3, 0.4) is 0 Å². The van der Waals surface area contributed by atoms with Crippen molar-refractivity contribution in [1.29, 1.82) is 0 Å². The Bertz CT molecular complexity index is 657. The maximum absolute atomic E-state index is 10.7. The summed E-state index contributed by atoms with van der Waals surface area (Å²) in [5.74, 6) is -0.522. The van der Waals surface area contributed by atoms with Gasteiger partial charge in [0.25, 0.3) is 0 Å². The van der Waals surface area contributed by atoms with E-state index in [0.717, 1.165) is 30.6 Å². The van der Waals surface area contributed by atoms with Crippen molar-refractivity contribution < 1.29 is 14.7 Å². The van der Waals surface area contributed by atoms with Gasteiger partial charge in [-0.05, 0) is 43.0 Å². The van der Waals surface area contributed by atoms with Gasteiger partial charge in [-0.3, -0.25) is 9.59 Å². The van der Waals surface area contributed by atoms with E-state index >= 15 is 0 Å². The summed E-state index contributed by atoms with van der Waals surface area (Å²) in [6, 6.07) is 10.1. The first-order valence-corrected chi connectivity index (χ1v) is 7.80. The normalized spacial score (nSPS) is 13.7. The highest BCUT2D eigenvalue weighted by molar-refractivity contribution is 5.80. The number of carbonyl (C=O) groups is 2. The smallest absolute Gasteiger partial charge is 0.303 e. The molecule has 23 heavy (non-hydrogen) atoms. The number of fused-ring (bicyclic) bond motifs is 1. The first-order chi connectivity index (χ1) is 11.1. The fourth-order valence-electron chi connectivity index (χ4n) is 2.56. The molecule has 1 fully saturated rings. The zero-order valence-corrected chi connectivity index (χ0v) is 13.1. The molecule has 0 spiro atoms. The van der Waals surface area contributed by atoms with Crippen molar-refractivity contribution >= 4 is 22.8 Å². The SMILES string of the molecule is C=CN1CCCC1=O.O=C(O)CCCc1cc2ccccc2[nH]1. The molecule has 2 N–H and O–H groups in total. The van der Waals surface area contributed by atoms with Crippen LogP contribution >= 0.6 is 0 Å². The summed E-state index contributed by atoms with van der Waals surface area (Å²) in [6.45, 7) is 4.36. The molecule has 0 aliphatic carbocycles. The molecule has 1 aromatic heterocycles. The van der Waals surface area contributed by atoms with Gasteiger partial charge in [-0.1, -0.05) is 24.8 Å². The van der Waals surface area contributed by atoms with E-state index in [1.165, 1.54) is 5.39 Å². The number of benzene rings is 1. The Labute approximate surface area is 135 Å². The van der Waals surface area contributed by atoms with Crippen molar-refractivity contribution in [2.45, 2.75) is 32.1 Å². The van der Waals surface area contributed by atoms with Crippen LogP contribution in [0.5, 0.6) is 0 Å². The number of H-pyrrole nitrogens is 1. The van der Waals surface area contributed by atoms with Crippen LogP contribution in [0.4, 0.5) is 0 Å². The monoisotopic (exact) mass is 314 g/mol. The largest absolute Gasteiger partial charge is 0.481 e. The lowest BCUT2D eigenvalue weighted by Crippen LogP contribution is -2.16. The average Bonchev–Trinajstić information content (AvgIpc) is 3.12. The fourth-order valence-corrected chi connectivity index (χ4v) is 2.56. The number of aromatic amines is 1. The van der Waals surface area contributed by atoms with E-state index in [1.54, 1.807) is 11.1 Å². The van der Waals surface area contributed by atoms with Gasteiger partial charge in [-0.15, -0.1) is 0 Å². The van der Waals surface area contributed by atoms with Crippen LogP contribution in [0.2, 0.25) is 0 Å². The lowest BCUT2D eigenvalue weighted by atomic mass is 10.2. The average molecular weight is 314 g/mol. The molecular weight excluding hydrogens is 292 g/mol. The third kappa shape index (κ3) is 4.98. The number of carboxylic acids is 1. The van der Waals surface area contributed by atoms with Crippen LogP contribution in [-0.4, -0.2) is 33.4 Å². The molecule has 0 saturated carbocycles. The molecule has 1 saturated heterocycles. The number of nitrogens with zero attached hydrogens (tertiary/aromatic N) is 1. The Morgan fingerprint density at radius 1 is 1.39 bits per heavy atom. The maximum atomic E-state index is 10.7. The minimum Gasteiger partial charge on any atom is -0.481 e. The van der Waals surface area contributed by atoms with E-state index in [-0.39, 0.29) is 12.3 Å². The van der Waals surface area contributed by atoms with Crippen LogP contribution in [0.1, 0.15) is 31.4 Å². The Kier molecular flexibility index (Phi) is 5.97. The molecule has 0 bridgehead atoms. The highest BCUT2D eigenvalue weighted by Crippen LogP contribution is 2.15.